The van der Waals surface area contributed by atoms with Gasteiger partial charge < -0.3 is 18.4 Å². The molecule has 29 heavy (non-hydrogen) atoms. The quantitative estimate of drug-likeness (QED) is 0.120. The second-order valence-electron chi connectivity index (χ2n) is 9.20. The summed E-state index contributed by atoms with van der Waals surface area (Å²) in [5.41, 5.74) is 0. The topological polar surface area (TPSA) is 58.6 Å². The molecule has 0 aliphatic carbocycles. The Bertz CT molecular complexity index is 418. The summed E-state index contributed by atoms with van der Waals surface area (Å²) >= 11 is 0. The maximum atomic E-state index is 12.0. The highest BCUT2D eigenvalue weighted by Gasteiger charge is 2.18. The number of unbranched alkanes of at least 4 members (excludes halogenated alkanes) is 9. The highest BCUT2D eigenvalue weighted by molar-refractivity contribution is 7.45. The van der Waals surface area contributed by atoms with Gasteiger partial charge in [-0.05, 0) is 25.2 Å². The molecule has 0 spiro atoms. The fourth-order valence-corrected chi connectivity index (χ4v) is 4.27. The van der Waals surface area contributed by atoms with Crippen molar-refractivity contribution < 1.29 is 23.0 Å². The standard InChI is InChI=1S/C23H50NO4P/c1-6-9-11-12-13-14-15-16-17-19-24(4,5)20-21-27-29(25,26)28-22-23(8-3)18-10-7-2/h23H,6-22H2,1-5H3. The van der Waals surface area contributed by atoms with Gasteiger partial charge in [-0.25, -0.2) is 0 Å². The zero-order valence-corrected chi connectivity index (χ0v) is 21.0. The molecule has 0 aromatic rings. The minimum Gasteiger partial charge on any atom is -0.756 e. The minimum absolute atomic E-state index is 0.191. The van der Waals surface area contributed by atoms with E-state index in [4.69, 9.17) is 9.05 Å². The van der Waals surface area contributed by atoms with Crippen LogP contribution in [0.3, 0.4) is 0 Å². The first-order valence-corrected chi connectivity index (χ1v) is 13.6. The number of rotatable bonds is 21. The Kier molecular flexibility index (Phi) is 17.8. The molecular weight excluding hydrogens is 385 g/mol. The number of hydrogen-bond acceptors (Lipinski definition) is 4. The second-order valence-corrected chi connectivity index (χ2v) is 10.6. The third-order valence-electron chi connectivity index (χ3n) is 5.82. The van der Waals surface area contributed by atoms with Crippen LogP contribution in [0.15, 0.2) is 0 Å². The predicted octanol–water partition coefficient (Wildman–Crippen LogP) is 6.31. The van der Waals surface area contributed by atoms with E-state index in [0.29, 0.717) is 12.5 Å². The van der Waals surface area contributed by atoms with Crippen molar-refractivity contribution in [2.75, 3.05) is 40.4 Å². The van der Waals surface area contributed by atoms with E-state index in [1.807, 2.05) is 0 Å². The molecule has 0 radical (unpaired) electrons. The molecule has 5 nitrogen and oxygen atoms in total. The average molecular weight is 436 g/mol. The summed E-state index contributed by atoms with van der Waals surface area (Å²) in [6.07, 6.45) is 16.1. The molecule has 2 atom stereocenters. The van der Waals surface area contributed by atoms with Crippen molar-refractivity contribution in [2.24, 2.45) is 5.92 Å². The van der Waals surface area contributed by atoms with Gasteiger partial charge in [0.15, 0.2) is 0 Å². The molecule has 0 N–H and O–H groups in total. The smallest absolute Gasteiger partial charge is 0.268 e. The lowest BCUT2D eigenvalue weighted by Gasteiger charge is -2.31. The molecular formula is C23H50NO4P. The Morgan fingerprint density at radius 1 is 0.793 bits per heavy atom. The van der Waals surface area contributed by atoms with E-state index >= 15 is 0 Å². The highest BCUT2D eigenvalue weighted by Crippen LogP contribution is 2.39. The Hall–Kier alpha value is 0.0700. The fourth-order valence-electron chi connectivity index (χ4n) is 3.49. The van der Waals surface area contributed by atoms with Crippen LogP contribution in [0.2, 0.25) is 0 Å². The lowest BCUT2D eigenvalue weighted by Crippen LogP contribution is -2.43. The van der Waals surface area contributed by atoms with E-state index in [2.05, 4.69) is 34.9 Å². The monoisotopic (exact) mass is 435 g/mol. The normalized spacial score (nSPS) is 15.4. The summed E-state index contributed by atoms with van der Waals surface area (Å²) in [6.45, 7) is 8.64. The summed E-state index contributed by atoms with van der Waals surface area (Å²) in [5.74, 6) is 0.291. The third-order valence-corrected chi connectivity index (χ3v) is 6.79. The molecule has 0 fully saturated rings. The van der Waals surface area contributed by atoms with Crippen LogP contribution in [-0.4, -0.2) is 44.9 Å². The zero-order valence-electron chi connectivity index (χ0n) is 20.1. The van der Waals surface area contributed by atoms with Gasteiger partial charge in [-0.1, -0.05) is 85.0 Å². The molecule has 2 unspecified atom stereocenters. The maximum Gasteiger partial charge on any atom is 0.268 e. The molecule has 0 bridgehead atoms. The largest absolute Gasteiger partial charge is 0.756 e. The van der Waals surface area contributed by atoms with Gasteiger partial charge in [0.05, 0.1) is 27.2 Å². The van der Waals surface area contributed by atoms with Crippen LogP contribution >= 0.6 is 7.82 Å². The van der Waals surface area contributed by atoms with Gasteiger partial charge in [0.1, 0.15) is 13.2 Å². The van der Waals surface area contributed by atoms with Crippen molar-refractivity contribution >= 4 is 7.82 Å². The SMILES string of the molecule is CCCCCCCCCCC[N+](C)(C)CCOP(=O)([O-])OCC(CC)CCCC. The average Bonchev–Trinajstić information content (AvgIpc) is 2.66. The summed E-state index contributed by atoms with van der Waals surface area (Å²) < 4.78 is 23.0. The summed E-state index contributed by atoms with van der Waals surface area (Å²) in [4.78, 5) is 12.0. The van der Waals surface area contributed by atoms with Crippen molar-refractivity contribution in [3.63, 3.8) is 0 Å². The van der Waals surface area contributed by atoms with Gasteiger partial charge >= 0.3 is 0 Å². The van der Waals surface area contributed by atoms with Crippen molar-refractivity contribution in [2.45, 2.75) is 104 Å². The van der Waals surface area contributed by atoms with E-state index in [-0.39, 0.29) is 13.2 Å². The third kappa shape index (κ3) is 18.5. The zero-order chi connectivity index (χ0) is 22.0. The molecule has 0 aliphatic rings. The van der Waals surface area contributed by atoms with Crippen LogP contribution < -0.4 is 4.89 Å². The first kappa shape index (κ1) is 29.1. The lowest BCUT2D eigenvalue weighted by molar-refractivity contribution is -0.890. The predicted molar refractivity (Wildman–Crippen MR) is 122 cm³/mol. The highest BCUT2D eigenvalue weighted by atomic mass is 31.2. The Balaban J connectivity index is 3.86. The second kappa shape index (κ2) is 17.7. The number of phosphoric acid groups is 1. The molecule has 0 saturated heterocycles. The van der Waals surface area contributed by atoms with E-state index in [0.717, 1.165) is 36.7 Å². The summed E-state index contributed by atoms with van der Waals surface area (Å²) in [7, 11) is 0.0925. The first-order chi connectivity index (χ1) is 13.8. The Labute approximate surface area is 181 Å². The van der Waals surface area contributed by atoms with E-state index in [9.17, 15) is 9.46 Å². The van der Waals surface area contributed by atoms with E-state index in [1.165, 1.54) is 57.8 Å². The van der Waals surface area contributed by atoms with Gasteiger partial charge in [-0.15, -0.1) is 0 Å². The number of hydrogen-bond donors (Lipinski definition) is 0. The summed E-state index contributed by atoms with van der Waals surface area (Å²) in [5, 5.41) is 0. The van der Waals surface area contributed by atoms with Gasteiger partial charge in [0.25, 0.3) is 7.82 Å². The van der Waals surface area contributed by atoms with Gasteiger partial charge in [-0.2, -0.15) is 0 Å². The van der Waals surface area contributed by atoms with Gasteiger partial charge in [-0.3, -0.25) is 4.57 Å². The van der Waals surface area contributed by atoms with Crippen LogP contribution in [-0.2, 0) is 13.6 Å². The molecule has 0 heterocycles. The molecule has 0 aromatic heterocycles. The molecule has 0 aromatic carbocycles. The van der Waals surface area contributed by atoms with Crippen LogP contribution in [0.5, 0.6) is 0 Å². The Morgan fingerprint density at radius 3 is 1.90 bits per heavy atom. The molecule has 0 amide bonds. The molecule has 0 aliphatic heterocycles. The van der Waals surface area contributed by atoms with Gasteiger partial charge in [0, 0.05) is 0 Å². The van der Waals surface area contributed by atoms with E-state index in [1.54, 1.807) is 0 Å². The molecule has 0 rings (SSSR count). The van der Waals surface area contributed by atoms with Crippen molar-refractivity contribution in [1.82, 2.24) is 0 Å². The molecule has 176 valence electrons. The maximum absolute atomic E-state index is 12.0. The van der Waals surface area contributed by atoms with E-state index < -0.39 is 7.82 Å². The lowest BCUT2D eigenvalue weighted by atomic mass is 10.0. The number of quaternary nitrogens is 1. The van der Waals surface area contributed by atoms with Crippen molar-refractivity contribution in [3.05, 3.63) is 0 Å². The van der Waals surface area contributed by atoms with Gasteiger partial charge in [0.2, 0.25) is 0 Å². The minimum atomic E-state index is -4.19. The number of phosphoric ester groups is 1. The molecule has 0 saturated carbocycles. The number of likely N-dealkylation sites (N-methyl/N-ethyl adjacent to an activating group) is 1. The summed E-state index contributed by atoms with van der Waals surface area (Å²) in [6, 6.07) is 0. The van der Waals surface area contributed by atoms with Crippen LogP contribution in [0.4, 0.5) is 0 Å². The van der Waals surface area contributed by atoms with Crippen molar-refractivity contribution in [3.8, 4) is 0 Å². The Morgan fingerprint density at radius 2 is 1.34 bits per heavy atom. The van der Waals surface area contributed by atoms with Crippen LogP contribution in [0, 0.1) is 5.92 Å². The van der Waals surface area contributed by atoms with Crippen LogP contribution in [0.1, 0.15) is 104 Å². The fraction of sp³-hybridized carbons (Fsp3) is 1.00. The molecule has 6 heteroatoms. The van der Waals surface area contributed by atoms with Crippen molar-refractivity contribution in [1.29, 1.82) is 0 Å². The number of nitrogens with zero attached hydrogens (tertiary/aromatic N) is 1. The first-order valence-electron chi connectivity index (χ1n) is 12.2. The van der Waals surface area contributed by atoms with Crippen LogP contribution in [0.25, 0.3) is 0 Å².